The molecule has 1 fully saturated rings. The molecule has 13 nitrogen and oxygen atoms in total. The molecule has 5 atom stereocenters. The molecule has 40 heavy (non-hydrogen) atoms. The number of likely N-dealkylation sites (N-methyl/N-ethyl adjacent to an activating group) is 1. The molecule has 0 aromatic heterocycles. The summed E-state index contributed by atoms with van der Waals surface area (Å²) in [5.41, 5.74) is 0.174. The molecule has 1 heterocycles. The Balaban J connectivity index is 0.00000191. The zero-order chi connectivity index (χ0) is 31.4. The number of terminal acetylenes is 1. The first-order valence-corrected chi connectivity index (χ1v) is 11.3. The van der Waals surface area contributed by atoms with Gasteiger partial charge in [-0.3, -0.25) is 14.4 Å². The van der Waals surface area contributed by atoms with Crippen LogP contribution in [0.25, 0.3) is 0 Å². The van der Waals surface area contributed by atoms with Crippen LogP contribution >= 0.6 is 0 Å². The number of rotatable bonds is 10. The average molecular weight is 584 g/mol. The predicted molar refractivity (Wildman–Crippen MR) is 124 cm³/mol. The zero-order valence-electron chi connectivity index (χ0n) is 22.8. The van der Waals surface area contributed by atoms with Crippen LogP contribution in [0.5, 0.6) is 0 Å². The largest absolute Gasteiger partial charge is 0.542 e. The van der Waals surface area contributed by atoms with Crippen molar-refractivity contribution in [1.82, 2.24) is 0 Å². The highest BCUT2D eigenvalue weighted by atomic mass is 19.4. The Labute approximate surface area is 228 Å². The number of hydrogen-bond donors (Lipinski definition) is 0. The fourth-order valence-electron chi connectivity index (χ4n) is 3.32. The Hall–Kier alpha value is -3.68. The van der Waals surface area contributed by atoms with Gasteiger partial charge in [0.25, 0.3) is 0 Å². The van der Waals surface area contributed by atoms with Gasteiger partial charge in [0.2, 0.25) is 0 Å². The summed E-state index contributed by atoms with van der Waals surface area (Å²) in [6.45, 7) is 7.42. The van der Waals surface area contributed by atoms with Gasteiger partial charge in [0.15, 0.2) is 24.6 Å². The smallest absolute Gasteiger partial charge is 0.430 e. The number of alkyl halides is 3. The number of carboxylic acids is 1. The van der Waals surface area contributed by atoms with E-state index in [-0.39, 0.29) is 18.7 Å². The number of esters is 4. The summed E-state index contributed by atoms with van der Waals surface area (Å²) in [5.74, 6) is -3.31. The number of carboxylic acid groups (broad SMARTS) is 1. The summed E-state index contributed by atoms with van der Waals surface area (Å²) in [7, 11) is 4.96. The van der Waals surface area contributed by atoms with Gasteiger partial charge < -0.3 is 42.8 Å². The van der Waals surface area contributed by atoms with Gasteiger partial charge >= 0.3 is 30.1 Å². The summed E-state index contributed by atoms with van der Waals surface area (Å²) in [6, 6.07) is 0. The van der Waals surface area contributed by atoms with Crippen LogP contribution < -0.4 is 5.11 Å². The first-order chi connectivity index (χ1) is 18.2. The molecule has 0 aromatic rings. The van der Waals surface area contributed by atoms with E-state index in [1.165, 1.54) is 7.11 Å². The molecular formula is C24H32F3NO12. The lowest BCUT2D eigenvalue weighted by Crippen LogP contribution is -2.62. The quantitative estimate of drug-likeness (QED) is 0.104. The molecule has 0 bridgehead atoms. The Morgan fingerprint density at radius 1 is 0.975 bits per heavy atom. The van der Waals surface area contributed by atoms with E-state index >= 15 is 0 Å². The molecule has 0 saturated carbocycles. The van der Waals surface area contributed by atoms with Gasteiger partial charge in [0.1, 0.15) is 31.8 Å². The summed E-state index contributed by atoms with van der Waals surface area (Å²) in [4.78, 5) is 56.3. The molecule has 0 radical (unpaired) electrons. The molecule has 0 amide bonds. The normalized spacial score (nSPS) is 22.4. The lowest BCUT2D eigenvalue weighted by molar-refractivity contribution is -0.878. The Morgan fingerprint density at radius 3 is 1.82 bits per heavy atom. The first kappa shape index (κ1) is 36.3. The molecule has 1 saturated heterocycles. The summed E-state index contributed by atoms with van der Waals surface area (Å²) >= 11 is 0. The maximum Gasteiger partial charge on any atom is 0.430 e. The number of hydrogen-bond acceptors (Lipinski definition) is 12. The second-order valence-corrected chi connectivity index (χ2v) is 8.94. The minimum Gasteiger partial charge on any atom is -0.542 e. The van der Waals surface area contributed by atoms with Crippen LogP contribution in [0.1, 0.15) is 20.8 Å². The van der Waals surface area contributed by atoms with E-state index in [4.69, 9.17) is 44.7 Å². The molecule has 1 rings (SSSR count). The highest BCUT2D eigenvalue weighted by Crippen LogP contribution is 2.29. The van der Waals surface area contributed by atoms with Crippen molar-refractivity contribution in [2.24, 2.45) is 0 Å². The van der Waals surface area contributed by atoms with Crippen molar-refractivity contribution in [2.75, 3.05) is 40.9 Å². The van der Waals surface area contributed by atoms with Gasteiger partial charge in [0, 0.05) is 27.9 Å². The van der Waals surface area contributed by atoms with E-state index in [1.807, 2.05) is 14.1 Å². The van der Waals surface area contributed by atoms with Crippen molar-refractivity contribution >= 4 is 29.8 Å². The third-order valence-corrected chi connectivity index (χ3v) is 4.77. The number of ether oxygens (including phenoxy) is 6. The van der Waals surface area contributed by atoms with E-state index in [0.29, 0.717) is 11.0 Å². The summed E-state index contributed by atoms with van der Waals surface area (Å²) in [6.07, 6.45) is -5.90. The number of halogens is 3. The minimum atomic E-state index is -5.19. The highest BCUT2D eigenvalue weighted by Gasteiger charge is 2.52. The number of carbonyl (C=O) groups excluding carboxylic acids is 5. The van der Waals surface area contributed by atoms with Crippen molar-refractivity contribution in [2.45, 2.75) is 57.7 Å². The van der Waals surface area contributed by atoms with Crippen LogP contribution in [0.15, 0.2) is 12.2 Å². The summed E-state index contributed by atoms with van der Waals surface area (Å²) in [5, 5.41) is 8.78. The Bertz CT molecular complexity index is 989. The molecule has 0 aromatic carbocycles. The molecular weight excluding hydrogens is 551 g/mol. The second kappa shape index (κ2) is 15.8. The van der Waals surface area contributed by atoms with Crippen LogP contribution in [0.4, 0.5) is 13.2 Å². The van der Waals surface area contributed by atoms with Gasteiger partial charge in [-0.2, -0.15) is 13.2 Å². The van der Waals surface area contributed by atoms with E-state index in [9.17, 15) is 32.3 Å². The van der Waals surface area contributed by atoms with E-state index < -0.39 is 66.7 Å². The average Bonchev–Trinajstić information content (AvgIpc) is 2.78. The molecule has 0 spiro atoms. The second-order valence-electron chi connectivity index (χ2n) is 8.94. The van der Waals surface area contributed by atoms with E-state index in [2.05, 4.69) is 12.5 Å². The number of quaternary nitrogens is 1. The Morgan fingerprint density at radius 2 is 1.43 bits per heavy atom. The van der Waals surface area contributed by atoms with E-state index in [1.54, 1.807) is 0 Å². The fourth-order valence-corrected chi connectivity index (χ4v) is 3.32. The standard InChI is InChI=1S/C22H32NO10.C2HF3O2/c1-9-10-23(6,7)11-13(2)21(27)29-12-17-18(30-14(3)24)19(31-15(4)25)20(32-16(5)26)22(28-8)33-17;3-2(4,5)1(6)7/h1,17-20,22H,2,10-12H2,3-8H3;(H,6,7)/q+1;/p-1/t17-,18-,19+,20-,22?;/m1./s1. The van der Waals surface area contributed by atoms with Crippen LogP contribution in [-0.4, -0.2) is 112 Å². The lowest BCUT2D eigenvalue weighted by atomic mass is 9.98. The predicted octanol–water partition coefficient (Wildman–Crippen LogP) is -0.740. The minimum absolute atomic E-state index is 0.174. The zero-order valence-corrected chi connectivity index (χ0v) is 22.8. The number of methoxy groups -OCH3 is 1. The number of carbonyl (C=O) groups is 5. The monoisotopic (exact) mass is 583 g/mol. The van der Waals surface area contributed by atoms with Crippen LogP contribution in [0.3, 0.4) is 0 Å². The number of aliphatic carboxylic acids is 1. The van der Waals surface area contributed by atoms with Crippen LogP contribution in [-0.2, 0) is 52.4 Å². The molecule has 0 N–H and O–H groups in total. The lowest BCUT2D eigenvalue weighted by Gasteiger charge is -2.43. The van der Waals surface area contributed by atoms with Crippen LogP contribution in [0, 0.1) is 12.3 Å². The van der Waals surface area contributed by atoms with Gasteiger partial charge in [-0.25, -0.2) is 4.79 Å². The van der Waals surface area contributed by atoms with Crippen molar-refractivity contribution in [3.63, 3.8) is 0 Å². The van der Waals surface area contributed by atoms with Crippen molar-refractivity contribution in [1.29, 1.82) is 0 Å². The fraction of sp³-hybridized carbons (Fsp3) is 0.625. The Kier molecular flexibility index (Phi) is 14.3. The summed E-state index contributed by atoms with van der Waals surface area (Å²) < 4.78 is 64.0. The van der Waals surface area contributed by atoms with Gasteiger partial charge in [-0.15, -0.1) is 6.42 Å². The third-order valence-electron chi connectivity index (χ3n) is 4.77. The first-order valence-electron chi connectivity index (χ1n) is 11.3. The van der Waals surface area contributed by atoms with Crippen LogP contribution in [0.2, 0.25) is 0 Å². The molecule has 0 aliphatic carbocycles. The highest BCUT2D eigenvalue weighted by molar-refractivity contribution is 5.88. The molecule has 16 heteroatoms. The molecule has 1 unspecified atom stereocenters. The molecule has 1 aliphatic rings. The van der Waals surface area contributed by atoms with Crippen molar-refractivity contribution in [3.8, 4) is 12.3 Å². The maximum absolute atomic E-state index is 12.5. The van der Waals surface area contributed by atoms with Gasteiger partial charge in [-0.1, -0.05) is 6.58 Å². The topological polar surface area (TPSA) is 164 Å². The molecule has 226 valence electrons. The SMILES string of the molecule is C#CC[N+](C)(C)CC(=C)C(=O)OC[C@H]1OC(OC)[C@H](OC(C)=O)[C@@H](OC(C)=O)[C@@H]1OC(C)=O.O=C([O-])C(F)(F)F. The molecule has 1 aliphatic heterocycles. The number of nitrogens with zero attached hydrogens (tertiary/aromatic N) is 1. The third kappa shape index (κ3) is 12.9. The maximum atomic E-state index is 12.5. The van der Waals surface area contributed by atoms with E-state index in [0.717, 1.165) is 20.8 Å². The van der Waals surface area contributed by atoms with Gasteiger partial charge in [0.05, 0.1) is 19.7 Å². The van der Waals surface area contributed by atoms with Gasteiger partial charge in [-0.05, 0) is 5.92 Å². The van der Waals surface area contributed by atoms with Crippen molar-refractivity contribution in [3.05, 3.63) is 12.2 Å². The van der Waals surface area contributed by atoms with Crippen molar-refractivity contribution < 1.29 is 75.2 Å².